The van der Waals surface area contributed by atoms with Gasteiger partial charge >= 0.3 is 12.1 Å². The molecule has 0 fully saturated rings. The standard InChI is InChI=1S/C21H25NO6/c1-21(2,3)28-20(26)22-16(19(24)25)12-15-10-7-11-17(23)18(15)27-13-14-8-5-4-6-9-14/h4-11,16,23H,12-13H2,1-3H3,(H,22,26)(H,24,25)/t16-/m0/s1. The van der Waals surface area contributed by atoms with Crippen LogP contribution in [-0.2, 0) is 22.6 Å². The molecule has 28 heavy (non-hydrogen) atoms. The summed E-state index contributed by atoms with van der Waals surface area (Å²) in [7, 11) is 0. The quantitative estimate of drug-likeness (QED) is 0.672. The molecule has 1 atom stereocenters. The van der Waals surface area contributed by atoms with Gasteiger partial charge < -0.3 is 25.0 Å². The number of carboxylic acid groups (broad SMARTS) is 1. The van der Waals surface area contributed by atoms with E-state index < -0.39 is 23.7 Å². The van der Waals surface area contributed by atoms with Gasteiger partial charge in [0.25, 0.3) is 0 Å². The van der Waals surface area contributed by atoms with Crippen molar-refractivity contribution in [3.8, 4) is 11.5 Å². The van der Waals surface area contributed by atoms with Crippen molar-refractivity contribution in [1.82, 2.24) is 5.32 Å². The van der Waals surface area contributed by atoms with Gasteiger partial charge in [0.1, 0.15) is 18.2 Å². The molecule has 150 valence electrons. The van der Waals surface area contributed by atoms with Crippen molar-refractivity contribution in [3.63, 3.8) is 0 Å². The van der Waals surface area contributed by atoms with Crippen molar-refractivity contribution >= 4 is 12.1 Å². The number of rotatable bonds is 7. The van der Waals surface area contributed by atoms with Crippen LogP contribution >= 0.6 is 0 Å². The van der Waals surface area contributed by atoms with Gasteiger partial charge in [-0.05, 0) is 32.4 Å². The third kappa shape index (κ3) is 6.50. The smallest absolute Gasteiger partial charge is 0.408 e. The van der Waals surface area contributed by atoms with Crippen LogP contribution in [0.5, 0.6) is 11.5 Å². The fourth-order valence-electron chi connectivity index (χ4n) is 2.50. The van der Waals surface area contributed by atoms with Gasteiger partial charge in [0.15, 0.2) is 11.5 Å². The highest BCUT2D eigenvalue weighted by Gasteiger charge is 2.26. The maximum Gasteiger partial charge on any atom is 0.408 e. The minimum Gasteiger partial charge on any atom is -0.504 e. The zero-order valence-electron chi connectivity index (χ0n) is 16.1. The van der Waals surface area contributed by atoms with E-state index in [1.54, 1.807) is 32.9 Å². The Kier molecular flexibility index (Phi) is 6.87. The molecule has 2 rings (SSSR count). The zero-order chi connectivity index (χ0) is 20.7. The lowest BCUT2D eigenvalue weighted by molar-refractivity contribution is -0.139. The molecule has 0 aromatic heterocycles. The Balaban J connectivity index is 2.15. The van der Waals surface area contributed by atoms with Gasteiger partial charge in [0, 0.05) is 12.0 Å². The molecule has 0 aliphatic rings. The number of carbonyl (C=O) groups excluding carboxylic acids is 1. The topological polar surface area (TPSA) is 105 Å². The second kappa shape index (κ2) is 9.12. The lowest BCUT2D eigenvalue weighted by Gasteiger charge is -2.22. The van der Waals surface area contributed by atoms with Crippen LogP contribution in [0.4, 0.5) is 4.79 Å². The van der Waals surface area contributed by atoms with Gasteiger partial charge in [-0.2, -0.15) is 0 Å². The predicted molar refractivity (Wildman–Crippen MR) is 103 cm³/mol. The number of aromatic hydroxyl groups is 1. The molecule has 0 saturated heterocycles. The summed E-state index contributed by atoms with van der Waals surface area (Å²) in [4.78, 5) is 23.6. The molecule has 7 nitrogen and oxygen atoms in total. The number of phenols is 1. The molecule has 0 bridgehead atoms. The minimum atomic E-state index is -1.24. The molecule has 0 heterocycles. The van der Waals surface area contributed by atoms with E-state index in [-0.39, 0.29) is 24.5 Å². The molecule has 0 unspecified atom stereocenters. The summed E-state index contributed by atoms with van der Waals surface area (Å²) in [5.41, 5.74) is 0.611. The number of aliphatic carboxylic acids is 1. The van der Waals surface area contributed by atoms with Crippen LogP contribution in [-0.4, -0.2) is 33.9 Å². The zero-order valence-corrected chi connectivity index (χ0v) is 16.1. The summed E-state index contributed by atoms with van der Waals surface area (Å²) >= 11 is 0. The lowest BCUT2D eigenvalue weighted by atomic mass is 10.0. The van der Waals surface area contributed by atoms with Gasteiger partial charge in [0.2, 0.25) is 0 Å². The summed E-state index contributed by atoms with van der Waals surface area (Å²) in [5, 5.41) is 22.0. The van der Waals surface area contributed by atoms with Crippen LogP contribution in [0.15, 0.2) is 48.5 Å². The minimum absolute atomic E-state index is 0.0763. The number of hydrogen-bond acceptors (Lipinski definition) is 5. The van der Waals surface area contributed by atoms with E-state index in [4.69, 9.17) is 9.47 Å². The van der Waals surface area contributed by atoms with Crippen LogP contribution < -0.4 is 10.1 Å². The second-order valence-corrected chi connectivity index (χ2v) is 7.28. The number of amides is 1. The first kappa shape index (κ1) is 21.1. The summed E-state index contributed by atoms with van der Waals surface area (Å²) in [5.74, 6) is -1.14. The fraction of sp³-hybridized carbons (Fsp3) is 0.333. The van der Waals surface area contributed by atoms with Gasteiger partial charge in [-0.25, -0.2) is 9.59 Å². The number of carboxylic acids is 1. The molecule has 0 aliphatic carbocycles. The molecule has 3 N–H and O–H groups in total. The van der Waals surface area contributed by atoms with Gasteiger partial charge in [0.05, 0.1) is 0 Å². The largest absolute Gasteiger partial charge is 0.504 e. The molecule has 0 radical (unpaired) electrons. The summed E-state index contributed by atoms with van der Waals surface area (Å²) in [6.45, 7) is 5.27. The Morgan fingerprint density at radius 1 is 1.07 bits per heavy atom. The monoisotopic (exact) mass is 387 g/mol. The maximum atomic E-state index is 11.9. The van der Waals surface area contributed by atoms with E-state index >= 15 is 0 Å². The number of phenolic OH excluding ortho intramolecular Hbond substituents is 1. The average molecular weight is 387 g/mol. The SMILES string of the molecule is CC(C)(C)OC(=O)N[C@@H](Cc1cccc(O)c1OCc1ccccc1)C(=O)O. The number of alkyl carbamates (subject to hydrolysis) is 1. The van der Waals surface area contributed by atoms with Gasteiger partial charge in [-0.1, -0.05) is 42.5 Å². The number of carbonyl (C=O) groups is 2. The molecular formula is C21H25NO6. The molecule has 0 aliphatic heterocycles. The van der Waals surface area contributed by atoms with Crippen molar-refractivity contribution in [1.29, 1.82) is 0 Å². The van der Waals surface area contributed by atoms with Gasteiger partial charge in [-0.15, -0.1) is 0 Å². The van der Waals surface area contributed by atoms with Crippen molar-refractivity contribution in [2.24, 2.45) is 0 Å². The van der Waals surface area contributed by atoms with Crippen LogP contribution in [0.3, 0.4) is 0 Å². The van der Waals surface area contributed by atoms with Crippen molar-refractivity contribution in [2.75, 3.05) is 0 Å². The fourth-order valence-corrected chi connectivity index (χ4v) is 2.50. The highest BCUT2D eigenvalue weighted by molar-refractivity contribution is 5.80. The first-order valence-corrected chi connectivity index (χ1v) is 8.85. The predicted octanol–water partition coefficient (Wildman–Crippen LogP) is 3.49. The third-order valence-electron chi connectivity index (χ3n) is 3.71. The lowest BCUT2D eigenvalue weighted by Crippen LogP contribution is -2.44. The Bertz CT molecular complexity index is 813. The third-order valence-corrected chi connectivity index (χ3v) is 3.71. The molecule has 1 amide bonds. The van der Waals surface area contributed by atoms with E-state index in [1.165, 1.54) is 6.07 Å². The maximum absolute atomic E-state index is 11.9. The first-order valence-electron chi connectivity index (χ1n) is 8.85. The Hall–Kier alpha value is -3.22. The number of benzene rings is 2. The van der Waals surface area contributed by atoms with Crippen molar-refractivity contribution in [3.05, 3.63) is 59.7 Å². The molecule has 0 spiro atoms. The van der Waals surface area contributed by atoms with Gasteiger partial charge in [-0.3, -0.25) is 0 Å². The number of para-hydroxylation sites is 1. The Morgan fingerprint density at radius 3 is 2.36 bits per heavy atom. The number of ether oxygens (including phenoxy) is 2. The summed E-state index contributed by atoms with van der Waals surface area (Å²) < 4.78 is 10.9. The highest BCUT2D eigenvalue weighted by Crippen LogP contribution is 2.31. The second-order valence-electron chi connectivity index (χ2n) is 7.28. The summed E-state index contributed by atoms with van der Waals surface area (Å²) in [6, 6.07) is 12.8. The number of hydrogen-bond donors (Lipinski definition) is 3. The normalized spacial score (nSPS) is 12.1. The first-order chi connectivity index (χ1) is 13.2. The molecule has 2 aromatic rings. The highest BCUT2D eigenvalue weighted by atomic mass is 16.6. The Morgan fingerprint density at radius 2 is 1.75 bits per heavy atom. The van der Waals surface area contributed by atoms with E-state index in [0.717, 1.165) is 5.56 Å². The molecule has 7 heteroatoms. The van der Waals surface area contributed by atoms with Crippen LogP contribution in [0, 0.1) is 0 Å². The Labute approximate surface area is 163 Å². The molecule has 2 aromatic carbocycles. The van der Waals surface area contributed by atoms with Crippen LogP contribution in [0.25, 0.3) is 0 Å². The van der Waals surface area contributed by atoms with E-state index in [0.29, 0.717) is 5.56 Å². The molecular weight excluding hydrogens is 362 g/mol. The van der Waals surface area contributed by atoms with Crippen LogP contribution in [0.1, 0.15) is 31.9 Å². The van der Waals surface area contributed by atoms with Crippen molar-refractivity contribution in [2.45, 2.75) is 45.4 Å². The van der Waals surface area contributed by atoms with E-state index in [9.17, 15) is 19.8 Å². The molecule has 0 saturated carbocycles. The average Bonchev–Trinajstić information content (AvgIpc) is 2.60. The van der Waals surface area contributed by atoms with E-state index in [1.807, 2.05) is 30.3 Å². The summed E-state index contributed by atoms with van der Waals surface area (Å²) in [6.07, 6.45) is -0.903. The van der Waals surface area contributed by atoms with Crippen LogP contribution in [0.2, 0.25) is 0 Å². The van der Waals surface area contributed by atoms with Crippen molar-refractivity contribution < 1.29 is 29.3 Å². The number of nitrogens with one attached hydrogen (secondary N) is 1. The van der Waals surface area contributed by atoms with E-state index in [2.05, 4.69) is 5.32 Å².